The van der Waals surface area contributed by atoms with E-state index in [1.165, 1.54) is 0 Å². The molecule has 0 bridgehead atoms. The third-order valence-electron chi connectivity index (χ3n) is 4.59. The van der Waals surface area contributed by atoms with Gasteiger partial charge in [-0.25, -0.2) is 0 Å². The van der Waals surface area contributed by atoms with E-state index in [0.717, 1.165) is 11.8 Å². The van der Waals surface area contributed by atoms with Crippen LogP contribution in [0.25, 0.3) is 11.6 Å². The van der Waals surface area contributed by atoms with Gasteiger partial charge in [-0.1, -0.05) is 23.9 Å². The van der Waals surface area contributed by atoms with E-state index in [-0.39, 0.29) is 17.0 Å². The van der Waals surface area contributed by atoms with Crippen molar-refractivity contribution >= 4 is 35.0 Å². The Balaban J connectivity index is 1.59. The second-order valence-corrected chi connectivity index (χ2v) is 8.21. The molecule has 4 rings (SSSR count). The van der Waals surface area contributed by atoms with Gasteiger partial charge in [0.1, 0.15) is 11.2 Å². The zero-order valence-corrected chi connectivity index (χ0v) is 16.4. The summed E-state index contributed by atoms with van der Waals surface area (Å²) < 4.78 is 5.64. The van der Waals surface area contributed by atoms with Crippen molar-refractivity contribution in [1.29, 1.82) is 0 Å². The Morgan fingerprint density at radius 3 is 2.75 bits per heavy atom. The van der Waals surface area contributed by atoms with Crippen LogP contribution >= 0.6 is 11.8 Å². The summed E-state index contributed by atoms with van der Waals surface area (Å²) in [7, 11) is 0. The fourth-order valence-electron chi connectivity index (χ4n) is 3.06. The van der Waals surface area contributed by atoms with Crippen LogP contribution in [0.2, 0.25) is 0 Å². The smallest absolute Gasteiger partial charge is 0.277 e. The van der Waals surface area contributed by atoms with Crippen molar-refractivity contribution in [3.63, 3.8) is 0 Å². The SMILES string of the molecule is CC(Sc1nnc(-c2ccc[nH]2)o1)C(=O)N1c2ccccc2NC(=O)C1(C)C. The Kier molecular flexibility index (Phi) is 4.46. The Labute approximate surface area is 165 Å². The number of carbonyl (C=O) groups is 2. The van der Waals surface area contributed by atoms with Crippen LogP contribution in [-0.2, 0) is 9.59 Å². The Morgan fingerprint density at radius 1 is 1.21 bits per heavy atom. The lowest BCUT2D eigenvalue weighted by molar-refractivity contribution is -0.126. The second-order valence-electron chi connectivity index (χ2n) is 6.92. The molecule has 8 nitrogen and oxygen atoms in total. The molecule has 0 saturated carbocycles. The minimum absolute atomic E-state index is 0.211. The molecule has 1 aliphatic heterocycles. The molecule has 3 aromatic rings. The monoisotopic (exact) mass is 397 g/mol. The van der Waals surface area contributed by atoms with Crippen LogP contribution in [-0.4, -0.2) is 37.8 Å². The maximum atomic E-state index is 13.3. The van der Waals surface area contributed by atoms with Gasteiger partial charge in [-0.2, -0.15) is 0 Å². The molecule has 28 heavy (non-hydrogen) atoms. The number of nitrogens with zero attached hydrogens (tertiary/aromatic N) is 3. The first kappa shape index (κ1) is 18.3. The molecule has 2 aromatic heterocycles. The summed E-state index contributed by atoms with van der Waals surface area (Å²) in [5.74, 6) is -0.0873. The number of nitrogens with one attached hydrogen (secondary N) is 2. The van der Waals surface area contributed by atoms with Crippen molar-refractivity contribution in [3.8, 4) is 11.6 Å². The lowest BCUT2D eigenvalue weighted by Gasteiger charge is -2.42. The maximum Gasteiger partial charge on any atom is 0.277 e. The van der Waals surface area contributed by atoms with Crippen LogP contribution in [0.5, 0.6) is 0 Å². The number of carbonyl (C=O) groups excluding carboxylic acids is 2. The Bertz CT molecular complexity index is 1030. The number of thioether (sulfide) groups is 1. The summed E-state index contributed by atoms with van der Waals surface area (Å²) in [6, 6.07) is 10.9. The lowest BCUT2D eigenvalue weighted by atomic mass is 9.96. The van der Waals surface area contributed by atoms with Gasteiger partial charge >= 0.3 is 0 Å². The predicted molar refractivity (Wildman–Crippen MR) is 106 cm³/mol. The molecule has 1 unspecified atom stereocenters. The third kappa shape index (κ3) is 3.07. The first-order valence-corrected chi connectivity index (χ1v) is 9.64. The van der Waals surface area contributed by atoms with Crippen molar-refractivity contribution in [3.05, 3.63) is 42.6 Å². The largest absolute Gasteiger partial charge is 0.410 e. The molecule has 2 amide bonds. The van der Waals surface area contributed by atoms with Crippen LogP contribution in [0.3, 0.4) is 0 Å². The van der Waals surface area contributed by atoms with Crippen molar-refractivity contribution in [2.45, 2.75) is 36.8 Å². The highest BCUT2D eigenvalue weighted by Crippen LogP contribution is 2.38. The van der Waals surface area contributed by atoms with E-state index in [1.807, 2.05) is 30.3 Å². The van der Waals surface area contributed by atoms with Crippen LogP contribution in [0.1, 0.15) is 20.8 Å². The molecular formula is C19H19N5O3S. The first-order chi connectivity index (χ1) is 13.4. The van der Waals surface area contributed by atoms with Gasteiger partial charge in [-0.15, -0.1) is 10.2 Å². The van der Waals surface area contributed by atoms with Crippen molar-refractivity contribution < 1.29 is 14.0 Å². The third-order valence-corrected chi connectivity index (χ3v) is 5.51. The number of hydrogen-bond donors (Lipinski definition) is 2. The van der Waals surface area contributed by atoms with Gasteiger partial charge in [0.15, 0.2) is 0 Å². The molecule has 0 saturated heterocycles. The minimum atomic E-state index is -1.02. The number of para-hydroxylation sites is 2. The number of benzene rings is 1. The van der Waals surface area contributed by atoms with E-state index in [9.17, 15) is 9.59 Å². The molecular weight excluding hydrogens is 378 g/mol. The highest BCUT2D eigenvalue weighted by Gasteiger charge is 2.45. The number of hydrogen-bond acceptors (Lipinski definition) is 6. The summed E-state index contributed by atoms with van der Waals surface area (Å²) in [4.78, 5) is 30.4. The summed E-state index contributed by atoms with van der Waals surface area (Å²) in [6.07, 6.45) is 1.76. The van der Waals surface area contributed by atoms with Crippen LogP contribution < -0.4 is 10.2 Å². The molecule has 1 atom stereocenters. The van der Waals surface area contributed by atoms with Gasteiger partial charge in [0, 0.05) is 6.20 Å². The zero-order chi connectivity index (χ0) is 19.9. The highest BCUT2D eigenvalue weighted by molar-refractivity contribution is 8.00. The average Bonchev–Trinajstić information content (AvgIpc) is 3.33. The molecule has 3 heterocycles. The van der Waals surface area contributed by atoms with Gasteiger partial charge in [-0.3, -0.25) is 14.5 Å². The quantitative estimate of drug-likeness (QED) is 0.655. The predicted octanol–water partition coefficient (Wildman–Crippen LogP) is 3.31. The Morgan fingerprint density at radius 2 is 2.00 bits per heavy atom. The van der Waals surface area contributed by atoms with E-state index in [1.54, 1.807) is 37.9 Å². The normalized spacial score (nSPS) is 16.4. The number of fused-ring (bicyclic) bond motifs is 1. The van der Waals surface area contributed by atoms with E-state index >= 15 is 0 Å². The minimum Gasteiger partial charge on any atom is -0.410 e. The fraction of sp³-hybridized carbons (Fsp3) is 0.263. The zero-order valence-electron chi connectivity index (χ0n) is 15.6. The number of amides is 2. The van der Waals surface area contributed by atoms with Gasteiger partial charge in [0.2, 0.25) is 11.8 Å². The number of aromatic amines is 1. The molecule has 9 heteroatoms. The summed E-state index contributed by atoms with van der Waals surface area (Å²) in [6.45, 7) is 5.21. The topological polar surface area (TPSA) is 104 Å². The van der Waals surface area contributed by atoms with Crippen molar-refractivity contribution in [1.82, 2.24) is 15.2 Å². The van der Waals surface area contributed by atoms with Gasteiger partial charge < -0.3 is 14.7 Å². The van der Waals surface area contributed by atoms with E-state index in [0.29, 0.717) is 23.0 Å². The standard InChI is InChI=1S/C19H19N5O3S/c1-11(28-18-23-22-15(27-18)13-8-6-10-20-13)16(25)24-14-9-5-4-7-12(14)21-17(26)19(24,2)3/h4-11,20H,1-3H3,(H,21,26). The van der Waals surface area contributed by atoms with Crippen LogP contribution in [0.15, 0.2) is 52.2 Å². The van der Waals surface area contributed by atoms with Crippen molar-refractivity contribution in [2.24, 2.45) is 0 Å². The first-order valence-electron chi connectivity index (χ1n) is 8.76. The fourth-order valence-corrected chi connectivity index (χ4v) is 3.78. The van der Waals surface area contributed by atoms with Gasteiger partial charge in [0.25, 0.3) is 11.1 Å². The molecule has 144 valence electrons. The van der Waals surface area contributed by atoms with Crippen LogP contribution in [0.4, 0.5) is 11.4 Å². The van der Waals surface area contributed by atoms with E-state index in [4.69, 9.17) is 4.42 Å². The highest BCUT2D eigenvalue weighted by atomic mass is 32.2. The summed E-state index contributed by atoms with van der Waals surface area (Å²) in [5.41, 5.74) is 0.970. The van der Waals surface area contributed by atoms with Gasteiger partial charge in [0.05, 0.1) is 16.6 Å². The maximum absolute atomic E-state index is 13.3. The average molecular weight is 397 g/mol. The number of H-pyrrole nitrogens is 1. The lowest BCUT2D eigenvalue weighted by Crippen LogP contribution is -2.60. The van der Waals surface area contributed by atoms with E-state index in [2.05, 4.69) is 20.5 Å². The summed E-state index contributed by atoms with van der Waals surface area (Å²) in [5, 5.41) is 10.6. The molecule has 1 aromatic carbocycles. The van der Waals surface area contributed by atoms with E-state index < -0.39 is 10.8 Å². The van der Waals surface area contributed by atoms with Crippen LogP contribution in [0, 0.1) is 0 Å². The number of anilines is 2. The summed E-state index contributed by atoms with van der Waals surface area (Å²) >= 11 is 1.16. The Hall–Kier alpha value is -3.07. The van der Waals surface area contributed by atoms with Crippen molar-refractivity contribution in [2.75, 3.05) is 10.2 Å². The molecule has 0 fully saturated rings. The molecule has 2 N–H and O–H groups in total. The van der Waals surface area contributed by atoms with Gasteiger partial charge in [-0.05, 0) is 45.0 Å². The molecule has 0 spiro atoms. The molecule has 1 aliphatic rings. The molecule has 0 aliphatic carbocycles. The number of aromatic nitrogens is 3. The second kappa shape index (κ2) is 6.83. The molecule has 0 radical (unpaired) electrons. The number of rotatable bonds is 4.